The van der Waals surface area contributed by atoms with E-state index in [2.05, 4.69) is 9.71 Å². The van der Waals surface area contributed by atoms with Gasteiger partial charge in [0.1, 0.15) is 5.01 Å². The maximum Gasteiger partial charge on any atom is 0.416 e. The van der Waals surface area contributed by atoms with Crippen LogP contribution in [0, 0.1) is 6.92 Å². The van der Waals surface area contributed by atoms with Crippen molar-refractivity contribution in [2.24, 2.45) is 0 Å². The number of nitrogens with zero attached hydrogens (tertiary/aromatic N) is 1. The molecule has 0 unspecified atom stereocenters. The molecule has 12 heteroatoms. The summed E-state index contributed by atoms with van der Waals surface area (Å²) in [6.45, 7) is 1.78. The molecule has 0 spiro atoms. The van der Waals surface area contributed by atoms with Gasteiger partial charge in [0.05, 0.1) is 26.7 Å². The molecule has 0 amide bonds. The van der Waals surface area contributed by atoms with Crippen molar-refractivity contribution in [1.82, 2.24) is 9.71 Å². The molecule has 1 heterocycles. The largest absolute Gasteiger partial charge is 0.478 e. The summed E-state index contributed by atoms with van der Waals surface area (Å²) in [5, 5.41) is 9.55. The highest BCUT2D eigenvalue weighted by Gasteiger charge is 2.30. The number of aromatic nitrogens is 1. The maximum absolute atomic E-state index is 12.7. The summed E-state index contributed by atoms with van der Waals surface area (Å²) >= 11 is 7.06. The van der Waals surface area contributed by atoms with E-state index in [4.69, 9.17) is 16.7 Å². The van der Waals surface area contributed by atoms with Gasteiger partial charge in [0.15, 0.2) is 0 Å². The second-order valence-corrected chi connectivity index (χ2v) is 10.1. The van der Waals surface area contributed by atoms with Crippen LogP contribution < -0.4 is 4.72 Å². The average molecular weight is 505 g/mol. The third kappa shape index (κ3) is 5.47. The van der Waals surface area contributed by atoms with Crippen molar-refractivity contribution >= 4 is 38.9 Å². The van der Waals surface area contributed by atoms with Gasteiger partial charge in [0.2, 0.25) is 10.0 Å². The number of hydrogen-bond acceptors (Lipinski definition) is 5. The highest BCUT2D eigenvalue weighted by molar-refractivity contribution is 7.89. The van der Waals surface area contributed by atoms with E-state index in [0.29, 0.717) is 16.3 Å². The normalized spacial score (nSPS) is 12.2. The number of alkyl halides is 3. The molecule has 0 fully saturated rings. The molecule has 0 atom stereocenters. The van der Waals surface area contributed by atoms with Crippen LogP contribution >= 0.6 is 22.9 Å². The van der Waals surface area contributed by atoms with Gasteiger partial charge >= 0.3 is 12.1 Å². The first-order valence-corrected chi connectivity index (χ1v) is 11.7. The predicted molar refractivity (Wildman–Crippen MR) is 115 cm³/mol. The molecule has 6 nitrogen and oxygen atoms in total. The fraction of sp³-hybridized carbons (Fsp3) is 0.200. The third-order valence-electron chi connectivity index (χ3n) is 4.48. The molecule has 0 aliphatic rings. The first kappa shape index (κ1) is 24.2. The number of carboxylic acids is 1. The van der Waals surface area contributed by atoms with E-state index >= 15 is 0 Å². The second kappa shape index (κ2) is 9.18. The Morgan fingerprint density at radius 3 is 2.44 bits per heavy atom. The van der Waals surface area contributed by atoms with Gasteiger partial charge in [-0.05, 0) is 37.3 Å². The minimum atomic E-state index is -4.42. The van der Waals surface area contributed by atoms with Crippen LogP contribution in [0.3, 0.4) is 0 Å². The van der Waals surface area contributed by atoms with E-state index in [1.165, 1.54) is 35.6 Å². The Morgan fingerprint density at radius 2 is 1.84 bits per heavy atom. The number of carboxylic acid groups (broad SMARTS) is 1. The quantitative estimate of drug-likeness (QED) is 0.471. The number of hydrogen-bond donors (Lipinski definition) is 2. The summed E-state index contributed by atoms with van der Waals surface area (Å²) in [5.74, 6) is -1.35. The van der Waals surface area contributed by atoms with Gasteiger partial charge in [-0.1, -0.05) is 23.7 Å². The number of aromatic carboxylic acids is 1. The summed E-state index contributed by atoms with van der Waals surface area (Å²) < 4.78 is 65.5. The Bertz CT molecular complexity index is 1260. The zero-order valence-corrected chi connectivity index (χ0v) is 18.8. The van der Waals surface area contributed by atoms with Crippen LogP contribution in [0.15, 0.2) is 47.4 Å². The Hall–Kier alpha value is -2.47. The minimum Gasteiger partial charge on any atom is -0.478 e. The van der Waals surface area contributed by atoms with Crippen LogP contribution in [0.2, 0.25) is 5.02 Å². The summed E-state index contributed by atoms with van der Waals surface area (Å²) in [6.07, 6.45) is -4.18. The molecule has 0 aliphatic heterocycles. The number of thiazole rings is 1. The van der Waals surface area contributed by atoms with Crippen molar-refractivity contribution in [1.29, 1.82) is 0 Å². The van der Waals surface area contributed by atoms with Gasteiger partial charge in [0.25, 0.3) is 0 Å². The van der Waals surface area contributed by atoms with Crippen LogP contribution in [0.1, 0.15) is 26.5 Å². The van der Waals surface area contributed by atoms with Crippen LogP contribution in [-0.2, 0) is 22.6 Å². The number of sulfonamides is 1. The lowest BCUT2D eigenvalue weighted by Crippen LogP contribution is -2.26. The van der Waals surface area contributed by atoms with Gasteiger partial charge in [0, 0.05) is 23.4 Å². The van der Waals surface area contributed by atoms with Crippen LogP contribution in [-0.4, -0.2) is 31.0 Å². The molecule has 0 saturated heterocycles. The number of benzene rings is 2. The van der Waals surface area contributed by atoms with Crippen molar-refractivity contribution in [2.45, 2.75) is 24.4 Å². The van der Waals surface area contributed by atoms with Crippen molar-refractivity contribution in [3.63, 3.8) is 0 Å². The van der Waals surface area contributed by atoms with Gasteiger partial charge < -0.3 is 5.11 Å². The van der Waals surface area contributed by atoms with E-state index in [1.807, 2.05) is 0 Å². The fourth-order valence-electron chi connectivity index (χ4n) is 2.81. The zero-order valence-electron chi connectivity index (χ0n) is 16.4. The third-order valence-corrected chi connectivity index (χ3v) is 7.33. The summed E-state index contributed by atoms with van der Waals surface area (Å²) in [6, 6.07) is 8.02. The number of aryl methyl sites for hydroxylation is 1. The minimum absolute atomic E-state index is 0.00953. The van der Waals surface area contributed by atoms with Gasteiger partial charge in [-0.3, -0.25) is 0 Å². The van der Waals surface area contributed by atoms with Crippen LogP contribution in [0.25, 0.3) is 10.6 Å². The molecule has 170 valence electrons. The maximum atomic E-state index is 12.7. The summed E-state index contributed by atoms with van der Waals surface area (Å²) in [4.78, 5) is 16.2. The molecule has 32 heavy (non-hydrogen) atoms. The summed E-state index contributed by atoms with van der Waals surface area (Å²) in [7, 11) is -3.98. The molecular formula is C20H16ClF3N2O4S2. The van der Waals surface area contributed by atoms with Crippen molar-refractivity contribution < 1.29 is 31.5 Å². The number of rotatable bonds is 7. The van der Waals surface area contributed by atoms with E-state index in [0.717, 1.165) is 23.1 Å². The lowest BCUT2D eigenvalue weighted by molar-refractivity contribution is -0.137. The highest BCUT2D eigenvalue weighted by Crippen LogP contribution is 2.33. The molecule has 0 radical (unpaired) electrons. The molecule has 0 saturated carbocycles. The predicted octanol–water partition coefficient (Wildman–Crippen LogP) is 5.01. The first-order valence-electron chi connectivity index (χ1n) is 9.05. The van der Waals surface area contributed by atoms with E-state index < -0.39 is 27.7 Å². The first-order chi connectivity index (χ1) is 14.9. The van der Waals surface area contributed by atoms with E-state index in [1.54, 1.807) is 6.92 Å². The Morgan fingerprint density at radius 1 is 1.19 bits per heavy atom. The summed E-state index contributed by atoms with van der Waals surface area (Å²) in [5.41, 5.74) is 0.0544. The van der Waals surface area contributed by atoms with Crippen molar-refractivity contribution in [3.05, 3.63) is 69.2 Å². The zero-order chi connectivity index (χ0) is 23.7. The number of nitrogens with one attached hydrogen (secondary N) is 1. The molecule has 0 aliphatic carbocycles. The molecule has 2 aromatic carbocycles. The average Bonchev–Trinajstić information content (AvgIpc) is 3.08. The SMILES string of the molecule is Cc1sc(-c2ccc(C(F)(F)F)cc2)nc1CCNS(=O)(=O)c1ccc(Cl)c(C(=O)O)c1. The second-order valence-electron chi connectivity index (χ2n) is 6.69. The van der Waals surface area contributed by atoms with E-state index in [-0.39, 0.29) is 28.4 Å². The monoisotopic (exact) mass is 504 g/mol. The molecule has 0 bridgehead atoms. The lowest BCUT2D eigenvalue weighted by atomic mass is 10.1. The molecule has 2 N–H and O–H groups in total. The lowest BCUT2D eigenvalue weighted by Gasteiger charge is -2.08. The molecule has 3 rings (SSSR count). The molecular weight excluding hydrogens is 489 g/mol. The molecule has 3 aromatic rings. The fourth-order valence-corrected chi connectivity index (χ4v) is 5.03. The van der Waals surface area contributed by atoms with Crippen molar-refractivity contribution in [3.8, 4) is 10.6 Å². The van der Waals surface area contributed by atoms with Gasteiger partial charge in [-0.2, -0.15) is 13.2 Å². The van der Waals surface area contributed by atoms with E-state index in [9.17, 15) is 26.4 Å². The standard InChI is InChI=1S/C20H16ClF3N2O4S2/c1-11-17(26-18(31-11)12-2-4-13(5-3-12)20(22,23)24)8-9-25-32(29,30)14-6-7-16(21)15(10-14)19(27)28/h2-7,10,25H,8-9H2,1H3,(H,27,28). The number of carbonyl (C=O) groups is 1. The van der Waals surface area contributed by atoms with Crippen LogP contribution in [0.4, 0.5) is 13.2 Å². The van der Waals surface area contributed by atoms with Gasteiger partial charge in [-0.15, -0.1) is 11.3 Å². The Labute approximate surface area is 190 Å². The number of halogens is 4. The molecule has 1 aromatic heterocycles. The smallest absolute Gasteiger partial charge is 0.416 e. The Kier molecular flexibility index (Phi) is 6.94. The topological polar surface area (TPSA) is 96.4 Å². The van der Waals surface area contributed by atoms with Crippen molar-refractivity contribution in [2.75, 3.05) is 6.54 Å². The van der Waals surface area contributed by atoms with Crippen LogP contribution in [0.5, 0.6) is 0 Å². The highest BCUT2D eigenvalue weighted by atomic mass is 35.5. The Balaban J connectivity index is 1.70. The van der Waals surface area contributed by atoms with Gasteiger partial charge in [-0.25, -0.2) is 22.9 Å².